The van der Waals surface area contributed by atoms with Gasteiger partial charge < -0.3 is 14.4 Å². The number of halogens is 1. The summed E-state index contributed by atoms with van der Waals surface area (Å²) in [5.41, 5.74) is 1.77. The fraction of sp³-hybridized carbons (Fsp3) is 0.350. The highest BCUT2D eigenvalue weighted by Crippen LogP contribution is 2.33. The first-order valence-electron chi connectivity index (χ1n) is 8.81. The normalized spacial score (nSPS) is 18.0. The van der Waals surface area contributed by atoms with Gasteiger partial charge in [0, 0.05) is 42.8 Å². The number of fused-ring (bicyclic) bond motifs is 1. The van der Waals surface area contributed by atoms with E-state index in [4.69, 9.17) is 21.1 Å². The smallest absolute Gasteiger partial charge is 0.254 e. The summed E-state index contributed by atoms with van der Waals surface area (Å²) < 4.78 is 10.7. The number of piperazine rings is 1. The standard InChI is InChI=1S/C20H21ClN2O3/c1-14(16-4-2-3-5-17(16)21)22-8-10-23(11-9-22)20(24)15-6-7-18-19(12-15)26-13-25-18/h2-7,12,14H,8-11,13H2,1H3. The molecule has 1 amide bonds. The molecule has 6 heteroatoms. The van der Waals surface area contributed by atoms with Gasteiger partial charge in [0.25, 0.3) is 5.91 Å². The Morgan fingerprint density at radius 2 is 1.77 bits per heavy atom. The van der Waals surface area contributed by atoms with Crippen molar-refractivity contribution in [1.29, 1.82) is 0 Å². The van der Waals surface area contributed by atoms with Crippen LogP contribution in [0.3, 0.4) is 0 Å². The first-order chi connectivity index (χ1) is 12.6. The van der Waals surface area contributed by atoms with E-state index in [0.717, 1.165) is 23.7 Å². The number of rotatable bonds is 3. The van der Waals surface area contributed by atoms with Crippen LogP contribution in [0.5, 0.6) is 11.5 Å². The largest absolute Gasteiger partial charge is 0.454 e. The minimum Gasteiger partial charge on any atom is -0.454 e. The molecule has 2 aliphatic rings. The van der Waals surface area contributed by atoms with Crippen LogP contribution >= 0.6 is 11.6 Å². The number of nitrogens with zero attached hydrogens (tertiary/aromatic N) is 2. The fourth-order valence-electron chi connectivity index (χ4n) is 3.54. The van der Waals surface area contributed by atoms with Gasteiger partial charge in [-0.15, -0.1) is 0 Å². The summed E-state index contributed by atoms with van der Waals surface area (Å²) in [6.45, 7) is 5.41. The molecule has 0 spiro atoms. The lowest BCUT2D eigenvalue weighted by molar-refractivity contribution is 0.0582. The van der Waals surface area contributed by atoms with Gasteiger partial charge in [0.1, 0.15) is 0 Å². The van der Waals surface area contributed by atoms with Crippen LogP contribution in [0.25, 0.3) is 0 Å². The van der Waals surface area contributed by atoms with E-state index < -0.39 is 0 Å². The average molecular weight is 373 g/mol. The van der Waals surface area contributed by atoms with Gasteiger partial charge in [0.05, 0.1) is 0 Å². The Morgan fingerprint density at radius 3 is 2.54 bits per heavy atom. The molecular weight excluding hydrogens is 352 g/mol. The third kappa shape index (κ3) is 3.24. The van der Waals surface area contributed by atoms with Gasteiger partial charge in [-0.05, 0) is 36.8 Å². The van der Waals surface area contributed by atoms with Crippen molar-refractivity contribution in [3.63, 3.8) is 0 Å². The number of hydrogen-bond acceptors (Lipinski definition) is 4. The summed E-state index contributed by atoms with van der Waals surface area (Å²) in [4.78, 5) is 17.1. The molecule has 5 nitrogen and oxygen atoms in total. The van der Waals surface area contributed by atoms with Crippen LogP contribution in [0.1, 0.15) is 28.9 Å². The molecule has 136 valence electrons. The maximum Gasteiger partial charge on any atom is 0.254 e. The Kier molecular flexibility index (Phi) is 4.74. The van der Waals surface area contributed by atoms with Gasteiger partial charge in [0.15, 0.2) is 11.5 Å². The van der Waals surface area contributed by atoms with Crippen LogP contribution in [0.15, 0.2) is 42.5 Å². The van der Waals surface area contributed by atoms with Crippen LogP contribution in [0.2, 0.25) is 5.02 Å². The predicted molar refractivity (Wildman–Crippen MR) is 99.9 cm³/mol. The molecule has 0 bridgehead atoms. The quantitative estimate of drug-likeness (QED) is 0.825. The van der Waals surface area contributed by atoms with Crippen LogP contribution < -0.4 is 9.47 Å². The van der Waals surface area contributed by atoms with Crippen molar-refractivity contribution in [1.82, 2.24) is 9.80 Å². The van der Waals surface area contributed by atoms with Crippen LogP contribution in [0, 0.1) is 0 Å². The number of benzene rings is 2. The Hall–Kier alpha value is -2.24. The third-order valence-electron chi connectivity index (χ3n) is 5.12. The molecule has 4 rings (SSSR count). The van der Waals surface area contributed by atoms with Gasteiger partial charge in [0.2, 0.25) is 6.79 Å². The zero-order valence-electron chi connectivity index (χ0n) is 14.7. The van der Waals surface area contributed by atoms with Gasteiger partial charge in [-0.25, -0.2) is 0 Å². The first kappa shape index (κ1) is 17.2. The molecule has 0 saturated carbocycles. The van der Waals surface area contributed by atoms with Crippen LogP contribution in [0.4, 0.5) is 0 Å². The highest BCUT2D eigenvalue weighted by atomic mass is 35.5. The second kappa shape index (κ2) is 7.17. The number of carbonyl (C=O) groups is 1. The van der Waals surface area contributed by atoms with Crippen molar-refractivity contribution < 1.29 is 14.3 Å². The molecule has 2 aromatic rings. The Morgan fingerprint density at radius 1 is 1.04 bits per heavy atom. The summed E-state index contributed by atoms with van der Waals surface area (Å²) >= 11 is 6.33. The minimum absolute atomic E-state index is 0.0355. The predicted octanol–water partition coefficient (Wildman–Crippen LogP) is 3.59. The molecule has 1 saturated heterocycles. The Labute approximate surface area is 158 Å². The molecule has 2 heterocycles. The lowest BCUT2D eigenvalue weighted by atomic mass is 10.1. The molecule has 2 aromatic carbocycles. The highest BCUT2D eigenvalue weighted by molar-refractivity contribution is 6.31. The molecule has 26 heavy (non-hydrogen) atoms. The molecule has 0 N–H and O–H groups in total. The summed E-state index contributed by atoms with van der Waals surface area (Å²) in [5.74, 6) is 1.37. The number of carbonyl (C=O) groups excluding carboxylic acids is 1. The lowest BCUT2D eigenvalue weighted by Gasteiger charge is -2.38. The van der Waals surface area contributed by atoms with Crippen LogP contribution in [-0.4, -0.2) is 48.7 Å². The molecule has 1 fully saturated rings. The third-order valence-corrected chi connectivity index (χ3v) is 5.47. The van der Waals surface area contributed by atoms with E-state index in [2.05, 4.69) is 17.9 Å². The fourth-order valence-corrected chi connectivity index (χ4v) is 3.83. The van der Waals surface area contributed by atoms with Crippen molar-refractivity contribution in [2.24, 2.45) is 0 Å². The molecule has 1 atom stereocenters. The molecule has 0 aliphatic carbocycles. The molecule has 2 aliphatic heterocycles. The number of hydrogen-bond donors (Lipinski definition) is 0. The van der Waals surface area contributed by atoms with Gasteiger partial charge >= 0.3 is 0 Å². The molecule has 0 radical (unpaired) electrons. The van der Waals surface area contributed by atoms with E-state index in [0.29, 0.717) is 30.2 Å². The maximum absolute atomic E-state index is 12.8. The first-order valence-corrected chi connectivity index (χ1v) is 9.18. The van der Waals surface area contributed by atoms with E-state index in [9.17, 15) is 4.79 Å². The van der Waals surface area contributed by atoms with E-state index in [1.807, 2.05) is 23.1 Å². The summed E-state index contributed by atoms with van der Waals surface area (Å²) in [6, 6.07) is 13.5. The number of amides is 1. The summed E-state index contributed by atoms with van der Waals surface area (Å²) in [5, 5.41) is 0.791. The summed E-state index contributed by atoms with van der Waals surface area (Å²) in [7, 11) is 0. The van der Waals surface area contributed by atoms with Crippen molar-refractivity contribution in [3.8, 4) is 11.5 Å². The summed E-state index contributed by atoms with van der Waals surface area (Å²) in [6.07, 6.45) is 0. The zero-order chi connectivity index (χ0) is 18.1. The SMILES string of the molecule is CC(c1ccccc1Cl)N1CCN(C(=O)c2ccc3c(c2)OCO3)CC1. The lowest BCUT2D eigenvalue weighted by Crippen LogP contribution is -2.49. The van der Waals surface area contributed by atoms with Gasteiger partial charge in [-0.1, -0.05) is 29.8 Å². The van der Waals surface area contributed by atoms with Gasteiger partial charge in [-0.2, -0.15) is 0 Å². The Bertz CT molecular complexity index is 818. The van der Waals surface area contributed by atoms with Crippen molar-refractivity contribution in [3.05, 3.63) is 58.6 Å². The second-order valence-electron chi connectivity index (χ2n) is 6.59. The van der Waals surface area contributed by atoms with Crippen molar-refractivity contribution >= 4 is 17.5 Å². The Balaban J connectivity index is 1.40. The van der Waals surface area contributed by atoms with E-state index >= 15 is 0 Å². The highest BCUT2D eigenvalue weighted by Gasteiger charge is 2.27. The van der Waals surface area contributed by atoms with Gasteiger partial charge in [-0.3, -0.25) is 9.69 Å². The van der Waals surface area contributed by atoms with E-state index in [1.54, 1.807) is 18.2 Å². The van der Waals surface area contributed by atoms with Crippen LogP contribution in [-0.2, 0) is 0 Å². The monoisotopic (exact) mass is 372 g/mol. The zero-order valence-corrected chi connectivity index (χ0v) is 15.4. The minimum atomic E-state index is 0.0355. The van der Waals surface area contributed by atoms with Crippen molar-refractivity contribution in [2.45, 2.75) is 13.0 Å². The molecule has 0 aromatic heterocycles. The van der Waals surface area contributed by atoms with E-state index in [1.165, 1.54) is 0 Å². The maximum atomic E-state index is 12.8. The average Bonchev–Trinajstić information content (AvgIpc) is 3.15. The molecular formula is C20H21ClN2O3. The molecule has 1 unspecified atom stereocenters. The topological polar surface area (TPSA) is 42.0 Å². The number of ether oxygens (including phenoxy) is 2. The van der Waals surface area contributed by atoms with Crippen molar-refractivity contribution in [2.75, 3.05) is 33.0 Å². The second-order valence-corrected chi connectivity index (χ2v) is 7.00. The van der Waals surface area contributed by atoms with E-state index in [-0.39, 0.29) is 18.7 Å².